The van der Waals surface area contributed by atoms with Crippen LogP contribution < -0.4 is 20.7 Å². The first-order chi connectivity index (χ1) is 13.1. The van der Waals surface area contributed by atoms with Crippen LogP contribution in [0.1, 0.15) is 13.8 Å². The maximum atomic E-state index is 13.6. The zero-order chi connectivity index (χ0) is 19.5. The maximum absolute atomic E-state index is 13.6. The summed E-state index contributed by atoms with van der Waals surface area (Å²) >= 11 is 0. The molecule has 0 saturated heterocycles. The largest absolute Gasteiger partial charge is 0.486 e. The lowest BCUT2D eigenvalue weighted by atomic mass is 10.3. The minimum atomic E-state index is -0.400. The Balaban J connectivity index is 0.00000392. The van der Waals surface area contributed by atoms with Crippen LogP contribution in [-0.4, -0.2) is 37.6 Å². The molecule has 1 unspecified atom stereocenters. The van der Waals surface area contributed by atoms with E-state index in [1.807, 2.05) is 44.2 Å². The van der Waals surface area contributed by atoms with E-state index < -0.39 is 5.82 Å². The van der Waals surface area contributed by atoms with Gasteiger partial charge in [-0.2, -0.15) is 0 Å². The molecule has 28 heavy (non-hydrogen) atoms. The normalized spacial score (nSPS) is 11.8. The average Bonchev–Trinajstić information content (AvgIpc) is 2.66. The second kappa shape index (κ2) is 12.9. The molecular weight excluding hydrogens is 474 g/mol. The molecule has 0 aliphatic rings. The highest BCUT2D eigenvalue weighted by atomic mass is 127. The van der Waals surface area contributed by atoms with E-state index >= 15 is 0 Å². The number of aliphatic imine (C=N–C) groups is 1. The average molecular weight is 500 g/mol. The molecule has 0 spiro atoms. The number of ether oxygens (including phenoxy) is 1. The van der Waals surface area contributed by atoms with Gasteiger partial charge in [-0.3, -0.25) is 4.79 Å². The van der Waals surface area contributed by atoms with E-state index in [0.717, 1.165) is 5.69 Å². The maximum Gasteiger partial charge on any atom is 0.246 e. The molecule has 0 heterocycles. The minimum absolute atomic E-state index is 0. The fourth-order valence-corrected chi connectivity index (χ4v) is 2.25. The van der Waals surface area contributed by atoms with E-state index in [0.29, 0.717) is 19.0 Å². The first-order valence-electron chi connectivity index (χ1n) is 8.86. The molecule has 0 bridgehead atoms. The van der Waals surface area contributed by atoms with Crippen LogP contribution in [-0.2, 0) is 4.79 Å². The lowest BCUT2D eigenvalue weighted by Gasteiger charge is -2.18. The molecule has 2 rings (SSSR count). The summed E-state index contributed by atoms with van der Waals surface area (Å²) in [4.78, 5) is 16.3. The van der Waals surface area contributed by atoms with Gasteiger partial charge in [0.15, 0.2) is 17.5 Å². The lowest BCUT2D eigenvalue weighted by molar-refractivity contribution is -0.114. The number of amides is 1. The Labute approximate surface area is 182 Å². The van der Waals surface area contributed by atoms with Gasteiger partial charge in [-0.15, -0.1) is 24.0 Å². The van der Waals surface area contributed by atoms with Gasteiger partial charge in [0.05, 0.1) is 6.54 Å². The number of hydrogen-bond acceptors (Lipinski definition) is 3. The number of guanidine groups is 1. The predicted molar refractivity (Wildman–Crippen MR) is 121 cm³/mol. The van der Waals surface area contributed by atoms with Crippen molar-refractivity contribution in [2.24, 2.45) is 4.99 Å². The van der Waals surface area contributed by atoms with E-state index in [1.165, 1.54) is 6.07 Å². The van der Waals surface area contributed by atoms with E-state index in [2.05, 4.69) is 20.9 Å². The van der Waals surface area contributed by atoms with E-state index in [9.17, 15) is 9.18 Å². The number of nitrogens with one attached hydrogen (secondary N) is 3. The Morgan fingerprint density at radius 2 is 1.79 bits per heavy atom. The van der Waals surface area contributed by atoms with Gasteiger partial charge >= 0.3 is 0 Å². The van der Waals surface area contributed by atoms with Crippen LogP contribution in [0, 0.1) is 5.82 Å². The van der Waals surface area contributed by atoms with Crippen molar-refractivity contribution in [3.05, 3.63) is 60.4 Å². The van der Waals surface area contributed by atoms with Crippen LogP contribution in [0.15, 0.2) is 59.6 Å². The molecule has 1 amide bonds. The van der Waals surface area contributed by atoms with Gasteiger partial charge in [0, 0.05) is 12.2 Å². The minimum Gasteiger partial charge on any atom is -0.486 e. The Bertz CT molecular complexity index is 759. The molecule has 152 valence electrons. The van der Waals surface area contributed by atoms with Gasteiger partial charge in [-0.1, -0.05) is 30.3 Å². The van der Waals surface area contributed by atoms with Gasteiger partial charge in [0.1, 0.15) is 12.6 Å². The fourth-order valence-electron chi connectivity index (χ4n) is 2.25. The summed E-state index contributed by atoms with van der Waals surface area (Å²) in [6.45, 7) is 4.79. The van der Waals surface area contributed by atoms with Crippen LogP contribution in [0.2, 0.25) is 0 Å². The molecule has 0 aliphatic heterocycles. The first-order valence-corrected chi connectivity index (χ1v) is 8.86. The van der Waals surface area contributed by atoms with Gasteiger partial charge in [0.25, 0.3) is 0 Å². The first kappa shape index (κ1) is 23.7. The molecule has 0 aliphatic carbocycles. The van der Waals surface area contributed by atoms with Crippen LogP contribution in [0.25, 0.3) is 0 Å². The standard InChI is InChI=1S/C20H25FN4O2.HI/c1-3-22-20(24-14-19(26)25-16-9-5-4-6-10-16)23-13-15(2)27-18-12-8-7-11-17(18)21;/h4-12,15H,3,13-14H2,1-2H3,(H,25,26)(H2,22,23,24);1H. The van der Waals surface area contributed by atoms with Crippen LogP contribution >= 0.6 is 24.0 Å². The molecule has 3 N–H and O–H groups in total. The number of carbonyl (C=O) groups is 1. The van der Waals surface area contributed by atoms with Crippen molar-refractivity contribution < 1.29 is 13.9 Å². The number of benzene rings is 2. The zero-order valence-corrected chi connectivity index (χ0v) is 18.3. The Morgan fingerprint density at radius 1 is 1.11 bits per heavy atom. The highest BCUT2D eigenvalue weighted by Crippen LogP contribution is 2.16. The van der Waals surface area contributed by atoms with Gasteiger partial charge in [-0.05, 0) is 38.1 Å². The van der Waals surface area contributed by atoms with Crippen molar-refractivity contribution in [1.82, 2.24) is 10.6 Å². The summed E-state index contributed by atoms with van der Waals surface area (Å²) in [6, 6.07) is 15.5. The molecule has 0 radical (unpaired) electrons. The van der Waals surface area contributed by atoms with Crippen molar-refractivity contribution in [2.75, 3.05) is 25.0 Å². The lowest BCUT2D eigenvalue weighted by Crippen LogP contribution is -2.42. The third kappa shape index (κ3) is 8.55. The van der Waals surface area contributed by atoms with Gasteiger partial charge < -0.3 is 20.7 Å². The third-order valence-electron chi connectivity index (χ3n) is 3.50. The monoisotopic (exact) mass is 500 g/mol. The Hall–Kier alpha value is -2.36. The van der Waals surface area contributed by atoms with Crippen molar-refractivity contribution in [2.45, 2.75) is 20.0 Å². The molecule has 0 saturated carbocycles. The van der Waals surface area contributed by atoms with E-state index in [4.69, 9.17) is 4.74 Å². The highest BCUT2D eigenvalue weighted by molar-refractivity contribution is 14.0. The summed E-state index contributed by atoms with van der Waals surface area (Å²) in [5, 5.41) is 8.93. The molecule has 0 fully saturated rings. The van der Waals surface area contributed by atoms with Crippen molar-refractivity contribution >= 4 is 41.5 Å². The SMILES string of the molecule is CCNC(=NCC(=O)Nc1ccccc1)NCC(C)Oc1ccccc1F.I. The summed E-state index contributed by atoms with van der Waals surface area (Å²) < 4.78 is 19.2. The summed E-state index contributed by atoms with van der Waals surface area (Å²) in [7, 11) is 0. The number of para-hydroxylation sites is 2. The van der Waals surface area contributed by atoms with E-state index in [-0.39, 0.29) is 48.3 Å². The molecular formula is C20H26FIN4O2. The molecule has 1 atom stereocenters. The second-order valence-electron chi connectivity index (χ2n) is 5.85. The van der Waals surface area contributed by atoms with Crippen molar-refractivity contribution in [3.8, 4) is 5.75 Å². The number of hydrogen-bond donors (Lipinski definition) is 3. The molecule has 8 heteroatoms. The Kier molecular flexibility index (Phi) is 10.9. The smallest absolute Gasteiger partial charge is 0.246 e. The molecule has 2 aromatic rings. The van der Waals surface area contributed by atoms with Crippen LogP contribution in [0.3, 0.4) is 0 Å². The predicted octanol–water partition coefficient (Wildman–Crippen LogP) is 3.40. The topological polar surface area (TPSA) is 74.8 Å². The van der Waals surface area contributed by atoms with E-state index in [1.54, 1.807) is 18.2 Å². The molecule has 0 aromatic heterocycles. The second-order valence-corrected chi connectivity index (χ2v) is 5.85. The highest BCUT2D eigenvalue weighted by Gasteiger charge is 2.09. The summed E-state index contributed by atoms with van der Waals surface area (Å²) in [6.07, 6.45) is -0.288. The summed E-state index contributed by atoms with van der Waals surface area (Å²) in [5.41, 5.74) is 0.725. The Morgan fingerprint density at radius 3 is 2.46 bits per heavy atom. The fraction of sp³-hybridized carbons (Fsp3) is 0.300. The van der Waals surface area contributed by atoms with Gasteiger partial charge in [-0.25, -0.2) is 9.38 Å². The van der Waals surface area contributed by atoms with Crippen LogP contribution in [0.5, 0.6) is 5.75 Å². The third-order valence-corrected chi connectivity index (χ3v) is 3.50. The van der Waals surface area contributed by atoms with Crippen molar-refractivity contribution in [3.63, 3.8) is 0 Å². The number of rotatable bonds is 8. The number of anilines is 1. The molecule has 6 nitrogen and oxygen atoms in total. The quantitative estimate of drug-likeness (QED) is 0.295. The van der Waals surface area contributed by atoms with Gasteiger partial charge in [0.2, 0.25) is 5.91 Å². The zero-order valence-electron chi connectivity index (χ0n) is 15.9. The number of nitrogens with zero attached hydrogens (tertiary/aromatic N) is 1. The number of carbonyl (C=O) groups excluding carboxylic acids is 1. The van der Waals surface area contributed by atoms with Crippen LogP contribution in [0.4, 0.5) is 10.1 Å². The summed E-state index contributed by atoms with van der Waals surface area (Å²) in [5.74, 6) is 0.0808. The molecule has 2 aromatic carbocycles. The van der Waals surface area contributed by atoms with Crippen molar-refractivity contribution in [1.29, 1.82) is 0 Å². The number of halogens is 2.